The molecule has 2 aliphatic heterocycles. The van der Waals surface area contributed by atoms with Gasteiger partial charge >= 0.3 is 0 Å². The molecule has 0 saturated carbocycles. The zero-order valence-electron chi connectivity index (χ0n) is 18.2. The highest BCUT2D eigenvalue weighted by atomic mass is 15.3. The Hall–Kier alpha value is -0.120. The van der Waals surface area contributed by atoms with Crippen molar-refractivity contribution in [2.45, 2.75) is 90.5 Å². The summed E-state index contributed by atoms with van der Waals surface area (Å²) in [4.78, 5) is 8.08. The standard InChI is InChI=1S/C23H47N3/c1-4-6-8-9-11-13-23(12-10-7-5-2)26-15-14-22(21-26)20-25-18-16-24(3)17-19-25/h22-23H,4-21H2,1-3H3. The average molecular weight is 366 g/mol. The van der Waals surface area contributed by atoms with E-state index >= 15 is 0 Å². The molecule has 26 heavy (non-hydrogen) atoms. The molecular formula is C23H47N3. The van der Waals surface area contributed by atoms with Gasteiger partial charge in [0, 0.05) is 45.3 Å². The topological polar surface area (TPSA) is 9.72 Å². The first-order chi connectivity index (χ1) is 12.7. The van der Waals surface area contributed by atoms with Crippen molar-refractivity contribution in [2.75, 3.05) is 52.9 Å². The molecule has 2 saturated heterocycles. The van der Waals surface area contributed by atoms with E-state index in [4.69, 9.17) is 0 Å². The second-order valence-corrected chi connectivity index (χ2v) is 9.11. The summed E-state index contributed by atoms with van der Waals surface area (Å²) >= 11 is 0. The van der Waals surface area contributed by atoms with E-state index in [9.17, 15) is 0 Å². The molecule has 0 aromatic heterocycles. The van der Waals surface area contributed by atoms with Gasteiger partial charge in [0.2, 0.25) is 0 Å². The lowest BCUT2D eigenvalue weighted by Crippen LogP contribution is -2.46. The molecule has 2 aliphatic rings. The molecular weight excluding hydrogens is 318 g/mol. The Labute approximate surface area is 164 Å². The highest BCUT2D eigenvalue weighted by Crippen LogP contribution is 2.25. The van der Waals surface area contributed by atoms with Crippen molar-refractivity contribution < 1.29 is 0 Å². The van der Waals surface area contributed by atoms with Gasteiger partial charge in [-0.3, -0.25) is 0 Å². The van der Waals surface area contributed by atoms with Crippen LogP contribution >= 0.6 is 0 Å². The summed E-state index contributed by atoms with van der Waals surface area (Å²) in [6.07, 6.45) is 15.7. The van der Waals surface area contributed by atoms with Gasteiger partial charge in [0.05, 0.1) is 0 Å². The fourth-order valence-corrected chi connectivity index (χ4v) is 4.86. The van der Waals surface area contributed by atoms with Crippen LogP contribution in [0.5, 0.6) is 0 Å². The molecule has 2 heterocycles. The predicted octanol–water partition coefficient (Wildman–Crippen LogP) is 4.87. The fraction of sp³-hybridized carbons (Fsp3) is 1.00. The zero-order chi connectivity index (χ0) is 18.6. The normalized spacial score (nSPS) is 24.3. The van der Waals surface area contributed by atoms with Crippen molar-refractivity contribution in [3.63, 3.8) is 0 Å². The lowest BCUT2D eigenvalue weighted by atomic mass is 10.00. The molecule has 0 aromatic carbocycles. The Kier molecular flexibility index (Phi) is 11.2. The summed E-state index contributed by atoms with van der Waals surface area (Å²) in [5.74, 6) is 0.923. The largest absolute Gasteiger partial charge is 0.304 e. The van der Waals surface area contributed by atoms with Crippen LogP contribution in [-0.4, -0.2) is 73.6 Å². The minimum Gasteiger partial charge on any atom is -0.304 e. The van der Waals surface area contributed by atoms with Crippen LogP contribution in [0.4, 0.5) is 0 Å². The molecule has 2 unspecified atom stereocenters. The van der Waals surface area contributed by atoms with Crippen LogP contribution in [0.1, 0.15) is 84.5 Å². The van der Waals surface area contributed by atoms with Gasteiger partial charge in [-0.1, -0.05) is 65.2 Å². The number of hydrogen-bond donors (Lipinski definition) is 0. The third kappa shape index (κ3) is 8.27. The van der Waals surface area contributed by atoms with Crippen molar-refractivity contribution in [1.29, 1.82) is 0 Å². The average Bonchev–Trinajstić information content (AvgIpc) is 3.10. The van der Waals surface area contributed by atoms with Crippen LogP contribution in [0.25, 0.3) is 0 Å². The van der Waals surface area contributed by atoms with Gasteiger partial charge in [-0.2, -0.15) is 0 Å². The molecule has 0 spiro atoms. The SMILES string of the molecule is CCCCCCCC(CCCCC)N1CCC(CN2CCN(C)CC2)C1. The third-order valence-corrected chi connectivity index (χ3v) is 6.73. The van der Waals surface area contributed by atoms with E-state index in [0.29, 0.717) is 0 Å². The quantitative estimate of drug-likeness (QED) is 0.431. The predicted molar refractivity (Wildman–Crippen MR) is 115 cm³/mol. The van der Waals surface area contributed by atoms with Crippen LogP contribution in [0.3, 0.4) is 0 Å². The maximum atomic E-state index is 2.89. The van der Waals surface area contributed by atoms with Gasteiger partial charge in [-0.05, 0) is 38.8 Å². The molecule has 0 N–H and O–H groups in total. The van der Waals surface area contributed by atoms with Crippen molar-refractivity contribution in [1.82, 2.24) is 14.7 Å². The number of nitrogens with zero attached hydrogens (tertiary/aromatic N) is 3. The number of likely N-dealkylation sites (tertiary alicyclic amines) is 1. The Morgan fingerprint density at radius 2 is 1.38 bits per heavy atom. The molecule has 154 valence electrons. The molecule has 0 aromatic rings. The molecule has 2 fully saturated rings. The Balaban J connectivity index is 1.71. The molecule has 3 heteroatoms. The van der Waals surface area contributed by atoms with Crippen molar-refractivity contribution in [3.05, 3.63) is 0 Å². The number of piperazine rings is 1. The van der Waals surface area contributed by atoms with Crippen LogP contribution in [-0.2, 0) is 0 Å². The third-order valence-electron chi connectivity index (χ3n) is 6.73. The van der Waals surface area contributed by atoms with Gasteiger partial charge in [0.15, 0.2) is 0 Å². The van der Waals surface area contributed by atoms with E-state index in [1.54, 1.807) is 0 Å². The number of unbranched alkanes of at least 4 members (excludes halogenated alkanes) is 6. The summed E-state index contributed by atoms with van der Waals surface area (Å²) in [5, 5.41) is 0. The van der Waals surface area contributed by atoms with Crippen molar-refractivity contribution in [3.8, 4) is 0 Å². The minimum atomic E-state index is 0.876. The van der Waals surface area contributed by atoms with Crippen LogP contribution < -0.4 is 0 Å². The lowest BCUT2D eigenvalue weighted by Gasteiger charge is -2.34. The van der Waals surface area contributed by atoms with Crippen LogP contribution in [0.2, 0.25) is 0 Å². The van der Waals surface area contributed by atoms with E-state index in [-0.39, 0.29) is 0 Å². The van der Waals surface area contributed by atoms with E-state index in [2.05, 4.69) is 35.6 Å². The van der Waals surface area contributed by atoms with Crippen LogP contribution in [0, 0.1) is 5.92 Å². The summed E-state index contributed by atoms with van der Waals surface area (Å²) in [6.45, 7) is 13.8. The minimum absolute atomic E-state index is 0.876. The maximum absolute atomic E-state index is 2.89. The summed E-state index contributed by atoms with van der Waals surface area (Å²) in [5.41, 5.74) is 0. The first-order valence-corrected chi connectivity index (χ1v) is 11.9. The van der Waals surface area contributed by atoms with Gasteiger partial charge in [0.25, 0.3) is 0 Å². The van der Waals surface area contributed by atoms with Crippen molar-refractivity contribution >= 4 is 0 Å². The Morgan fingerprint density at radius 3 is 2.08 bits per heavy atom. The maximum Gasteiger partial charge on any atom is 0.0110 e. The van der Waals surface area contributed by atoms with Gasteiger partial charge in [-0.25, -0.2) is 0 Å². The lowest BCUT2D eigenvalue weighted by molar-refractivity contribution is 0.132. The molecule has 0 bridgehead atoms. The summed E-state index contributed by atoms with van der Waals surface area (Å²) < 4.78 is 0. The molecule has 0 radical (unpaired) electrons. The van der Waals surface area contributed by atoms with E-state index in [1.165, 1.54) is 116 Å². The first-order valence-electron chi connectivity index (χ1n) is 11.9. The van der Waals surface area contributed by atoms with Crippen molar-refractivity contribution in [2.24, 2.45) is 5.92 Å². The zero-order valence-corrected chi connectivity index (χ0v) is 18.2. The Morgan fingerprint density at radius 1 is 0.769 bits per heavy atom. The molecule has 2 atom stereocenters. The number of hydrogen-bond acceptors (Lipinski definition) is 3. The van der Waals surface area contributed by atoms with Gasteiger partial charge in [0.1, 0.15) is 0 Å². The highest BCUT2D eigenvalue weighted by Gasteiger charge is 2.29. The molecule has 2 rings (SSSR count). The fourth-order valence-electron chi connectivity index (χ4n) is 4.86. The van der Waals surface area contributed by atoms with Gasteiger partial charge < -0.3 is 14.7 Å². The Bertz CT molecular complexity index is 338. The second kappa shape index (κ2) is 13.1. The first kappa shape index (κ1) is 22.2. The molecule has 0 amide bonds. The monoisotopic (exact) mass is 365 g/mol. The summed E-state index contributed by atoms with van der Waals surface area (Å²) in [7, 11) is 2.26. The molecule has 0 aliphatic carbocycles. The van der Waals surface area contributed by atoms with E-state index < -0.39 is 0 Å². The summed E-state index contributed by atoms with van der Waals surface area (Å²) in [6, 6.07) is 0.876. The van der Waals surface area contributed by atoms with E-state index in [1.807, 2.05) is 0 Å². The van der Waals surface area contributed by atoms with Gasteiger partial charge in [-0.15, -0.1) is 0 Å². The van der Waals surface area contributed by atoms with E-state index in [0.717, 1.165) is 12.0 Å². The molecule has 3 nitrogen and oxygen atoms in total. The second-order valence-electron chi connectivity index (χ2n) is 9.11. The number of likely N-dealkylation sites (N-methyl/N-ethyl adjacent to an activating group) is 1. The highest BCUT2D eigenvalue weighted by molar-refractivity contribution is 4.84. The smallest absolute Gasteiger partial charge is 0.0110 e. The number of rotatable bonds is 13. The van der Waals surface area contributed by atoms with Crippen LogP contribution in [0.15, 0.2) is 0 Å².